The Balaban J connectivity index is 3.52. The highest BCUT2D eigenvalue weighted by Crippen LogP contribution is 1.93. The van der Waals surface area contributed by atoms with Gasteiger partial charge >= 0.3 is 0 Å². The van der Waals surface area contributed by atoms with Gasteiger partial charge in [-0.15, -0.1) is 0 Å². The molecule has 1 atom stereocenters. The van der Waals surface area contributed by atoms with Gasteiger partial charge in [0.25, 0.3) is 0 Å². The van der Waals surface area contributed by atoms with Crippen LogP contribution in [0.15, 0.2) is 0 Å². The number of aliphatic hydroxyl groups is 1. The number of methoxy groups -OCH3 is 1. The molecule has 5 heteroatoms. The lowest BCUT2D eigenvalue weighted by atomic mass is 10.2. The van der Waals surface area contributed by atoms with Gasteiger partial charge in [-0.3, -0.25) is 4.79 Å². The van der Waals surface area contributed by atoms with Gasteiger partial charge in [0.2, 0.25) is 5.91 Å². The van der Waals surface area contributed by atoms with Gasteiger partial charge in [0, 0.05) is 13.7 Å². The van der Waals surface area contributed by atoms with Gasteiger partial charge < -0.3 is 20.5 Å². The van der Waals surface area contributed by atoms with Crippen molar-refractivity contribution < 1.29 is 14.6 Å². The van der Waals surface area contributed by atoms with Crippen molar-refractivity contribution in [2.45, 2.75) is 12.5 Å². The highest BCUT2D eigenvalue weighted by molar-refractivity contribution is 5.76. The minimum Gasteiger partial charge on any atom is -0.387 e. The van der Waals surface area contributed by atoms with Crippen molar-refractivity contribution >= 4 is 5.91 Å². The van der Waals surface area contributed by atoms with Crippen LogP contribution in [0.1, 0.15) is 6.42 Å². The number of ether oxygens (including phenoxy) is 1. The average Bonchev–Trinajstić information content (AvgIpc) is 2.17. The van der Waals surface area contributed by atoms with E-state index in [1.165, 1.54) is 0 Å². The van der Waals surface area contributed by atoms with Crippen molar-refractivity contribution in [3.8, 4) is 0 Å². The molecule has 5 nitrogen and oxygen atoms in total. The minimum atomic E-state index is -0.470. The van der Waals surface area contributed by atoms with Crippen LogP contribution < -0.4 is 10.6 Å². The molecule has 0 spiro atoms. The number of hydrogen-bond donors (Lipinski definition) is 3. The molecule has 0 aromatic rings. The zero-order valence-electron chi connectivity index (χ0n) is 8.17. The van der Waals surface area contributed by atoms with Crippen LogP contribution in [-0.4, -0.2) is 51.0 Å². The summed E-state index contributed by atoms with van der Waals surface area (Å²) in [6.07, 6.45) is 0.835. The maximum atomic E-state index is 10.7. The van der Waals surface area contributed by atoms with Gasteiger partial charge in [0.15, 0.2) is 0 Å². The van der Waals surface area contributed by atoms with Gasteiger partial charge in [-0.2, -0.15) is 0 Å². The standard InChI is InChI=1S/C8H18N2O3/c1-9-4-3-7(13-2)5-10-8(12)6-11/h7,9,11H,3-6H2,1-2H3,(H,10,12). The van der Waals surface area contributed by atoms with Crippen molar-refractivity contribution in [1.82, 2.24) is 10.6 Å². The molecule has 0 saturated heterocycles. The molecule has 1 amide bonds. The van der Waals surface area contributed by atoms with Gasteiger partial charge in [0.1, 0.15) is 6.61 Å². The van der Waals surface area contributed by atoms with Crippen LogP contribution in [0.4, 0.5) is 0 Å². The number of aliphatic hydroxyl groups excluding tert-OH is 1. The summed E-state index contributed by atoms with van der Waals surface area (Å²) in [6.45, 7) is 0.813. The first-order valence-electron chi connectivity index (χ1n) is 4.29. The van der Waals surface area contributed by atoms with Crippen molar-refractivity contribution in [3.05, 3.63) is 0 Å². The predicted octanol–water partition coefficient (Wildman–Crippen LogP) is -1.28. The molecule has 78 valence electrons. The Hall–Kier alpha value is -0.650. The van der Waals surface area contributed by atoms with Gasteiger partial charge in [-0.05, 0) is 20.0 Å². The normalized spacial score (nSPS) is 12.5. The van der Waals surface area contributed by atoms with Crippen LogP contribution >= 0.6 is 0 Å². The molecule has 0 fully saturated rings. The highest BCUT2D eigenvalue weighted by Gasteiger charge is 2.07. The van der Waals surface area contributed by atoms with Crippen molar-refractivity contribution in [2.24, 2.45) is 0 Å². The zero-order chi connectivity index (χ0) is 10.1. The third-order valence-corrected chi connectivity index (χ3v) is 1.72. The monoisotopic (exact) mass is 190 g/mol. The number of carbonyl (C=O) groups is 1. The van der Waals surface area contributed by atoms with Crippen LogP contribution in [0.2, 0.25) is 0 Å². The van der Waals surface area contributed by atoms with Crippen LogP contribution in [0.25, 0.3) is 0 Å². The molecule has 3 N–H and O–H groups in total. The first kappa shape index (κ1) is 12.3. The summed E-state index contributed by atoms with van der Waals surface area (Å²) in [6, 6.07) is 0. The number of rotatable bonds is 7. The molecule has 0 rings (SSSR count). The van der Waals surface area contributed by atoms with E-state index in [9.17, 15) is 4.79 Å². The van der Waals surface area contributed by atoms with E-state index in [0.29, 0.717) is 6.54 Å². The summed E-state index contributed by atoms with van der Waals surface area (Å²) in [5.41, 5.74) is 0. The first-order chi connectivity index (χ1) is 6.24. The van der Waals surface area contributed by atoms with E-state index in [-0.39, 0.29) is 12.0 Å². The lowest BCUT2D eigenvalue weighted by Gasteiger charge is -2.15. The Morgan fingerprint density at radius 3 is 2.77 bits per heavy atom. The molecule has 0 heterocycles. The second-order valence-corrected chi connectivity index (χ2v) is 2.71. The van der Waals surface area contributed by atoms with Crippen molar-refractivity contribution in [2.75, 3.05) is 33.9 Å². The number of carbonyl (C=O) groups excluding carboxylic acids is 1. The third-order valence-electron chi connectivity index (χ3n) is 1.72. The van der Waals surface area contributed by atoms with Gasteiger partial charge in [-0.25, -0.2) is 0 Å². The third kappa shape index (κ3) is 6.51. The largest absolute Gasteiger partial charge is 0.387 e. The fourth-order valence-corrected chi connectivity index (χ4v) is 0.892. The fraction of sp³-hybridized carbons (Fsp3) is 0.875. The zero-order valence-corrected chi connectivity index (χ0v) is 8.17. The highest BCUT2D eigenvalue weighted by atomic mass is 16.5. The molecule has 0 aliphatic rings. The minimum absolute atomic E-state index is 0.00273. The maximum absolute atomic E-state index is 10.7. The summed E-state index contributed by atoms with van der Waals surface area (Å²) in [4.78, 5) is 10.7. The second-order valence-electron chi connectivity index (χ2n) is 2.71. The molecule has 0 radical (unpaired) electrons. The molecule has 0 aromatic heterocycles. The first-order valence-corrected chi connectivity index (χ1v) is 4.29. The summed E-state index contributed by atoms with van der Waals surface area (Å²) in [5, 5.41) is 14.0. The molecule has 0 aliphatic heterocycles. The SMILES string of the molecule is CNCCC(CNC(=O)CO)OC. The number of hydrogen-bond acceptors (Lipinski definition) is 4. The van der Waals surface area contributed by atoms with Crippen molar-refractivity contribution in [1.29, 1.82) is 0 Å². The van der Waals surface area contributed by atoms with E-state index < -0.39 is 6.61 Å². The summed E-state index contributed by atoms with van der Waals surface area (Å²) >= 11 is 0. The van der Waals surface area contributed by atoms with Gasteiger partial charge in [0.05, 0.1) is 6.10 Å². The van der Waals surface area contributed by atoms with E-state index >= 15 is 0 Å². The van der Waals surface area contributed by atoms with Crippen LogP contribution in [0.5, 0.6) is 0 Å². The lowest BCUT2D eigenvalue weighted by Crippen LogP contribution is -2.36. The van der Waals surface area contributed by atoms with Crippen molar-refractivity contribution in [3.63, 3.8) is 0 Å². The van der Waals surface area contributed by atoms with Crippen LogP contribution in [0.3, 0.4) is 0 Å². The Bertz CT molecular complexity index is 141. The fourth-order valence-electron chi connectivity index (χ4n) is 0.892. The van der Waals surface area contributed by atoms with E-state index in [2.05, 4.69) is 10.6 Å². The predicted molar refractivity (Wildman–Crippen MR) is 49.4 cm³/mol. The lowest BCUT2D eigenvalue weighted by molar-refractivity contribution is -0.124. The Kier molecular flexibility index (Phi) is 7.57. The van der Waals surface area contributed by atoms with Gasteiger partial charge in [-0.1, -0.05) is 0 Å². The molecule has 0 aliphatic carbocycles. The Morgan fingerprint density at radius 1 is 1.62 bits per heavy atom. The maximum Gasteiger partial charge on any atom is 0.245 e. The quantitative estimate of drug-likeness (QED) is 0.467. The van der Waals surface area contributed by atoms with E-state index in [1.807, 2.05) is 7.05 Å². The van der Waals surface area contributed by atoms with Crippen LogP contribution in [0, 0.1) is 0 Å². The molecule has 13 heavy (non-hydrogen) atoms. The average molecular weight is 190 g/mol. The molecule has 0 saturated carbocycles. The topological polar surface area (TPSA) is 70.6 Å². The molecule has 0 bridgehead atoms. The number of nitrogens with one attached hydrogen (secondary N) is 2. The molecule has 1 unspecified atom stereocenters. The summed E-state index contributed by atoms with van der Waals surface area (Å²) in [7, 11) is 3.46. The van der Waals surface area contributed by atoms with E-state index in [0.717, 1.165) is 13.0 Å². The Labute approximate surface area is 78.5 Å². The van der Waals surface area contributed by atoms with Crippen LogP contribution in [-0.2, 0) is 9.53 Å². The number of amides is 1. The second kappa shape index (κ2) is 7.97. The molecular weight excluding hydrogens is 172 g/mol. The van der Waals surface area contributed by atoms with E-state index in [1.54, 1.807) is 7.11 Å². The molecular formula is C8H18N2O3. The summed E-state index contributed by atoms with van der Waals surface area (Å²) in [5.74, 6) is -0.369. The summed E-state index contributed by atoms with van der Waals surface area (Å²) < 4.78 is 5.11. The van der Waals surface area contributed by atoms with E-state index in [4.69, 9.17) is 9.84 Å². The smallest absolute Gasteiger partial charge is 0.245 e. The Morgan fingerprint density at radius 2 is 2.31 bits per heavy atom. The molecule has 0 aromatic carbocycles.